The van der Waals surface area contributed by atoms with Gasteiger partial charge in [-0.25, -0.2) is 0 Å². The molecule has 0 fully saturated rings. The summed E-state index contributed by atoms with van der Waals surface area (Å²) in [5.41, 5.74) is 2.36. The summed E-state index contributed by atoms with van der Waals surface area (Å²) in [6, 6.07) is 15.8. The Morgan fingerprint density at radius 2 is 1.80 bits per heavy atom. The highest BCUT2D eigenvalue weighted by molar-refractivity contribution is 6.30. The lowest BCUT2D eigenvalue weighted by Gasteiger charge is -2.23. The van der Waals surface area contributed by atoms with Crippen LogP contribution in [-0.2, 0) is 0 Å². The first-order valence-electron chi connectivity index (χ1n) is 6.90. The van der Waals surface area contributed by atoms with Gasteiger partial charge in [-0.15, -0.1) is 0 Å². The van der Waals surface area contributed by atoms with Crippen molar-refractivity contribution in [2.45, 2.75) is 32.4 Å². The van der Waals surface area contributed by atoms with E-state index in [1.165, 1.54) is 11.1 Å². The standard InChI is InChI=1S/C17H20ClNO/c1-3-17(13-7-9-16(20)10-8-13)19-12(2)14-5-4-6-15(18)11-14/h4-12,17,19-20H,3H2,1-2H3/t12-,17?/m1/s1. The molecule has 0 radical (unpaired) electrons. The highest BCUT2D eigenvalue weighted by Gasteiger charge is 2.14. The molecule has 0 aliphatic rings. The van der Waals surface area contributed by atoms with Crippen molar-refractivity contribution in [3.8, 4) is 5.75 Å². The van der Waals surface area contributed by atoms with Crippen molar-refractivity contribution in [3.05, 3.63) is 64.7 Å². The zero-order valence-corrected chi connectivity index (χ0v) is 12.6. The minimum absolute atomic E-state index is 0.215. The van der Waals surface area contributed by atoms with Crippen molar-refractivity contribution in [2.75, 3.05) is 0 Å². The van der Waals surface area contributed by atoms with Crippen molar-refractivity contribution in [1.29, 1.82) is 0 Å². The van der Waals surface area contributed by atoms with Gasteiger partial charge in [-0.05, 0) is 48.7 Å². The Morgan fingerprint density at radius 1 is 1.10 bits per heavy atom. The van der Waals surface area contributed by atoms with E-state index in [1.807, 2.05) is 30.3 Å². The summed E-state index contributed by atoms with van der Waals surface area (Å²) >= 11 is 6.04. The quantitative estimate of drug-likeness (QED) is 0.825. The van der Waals surface area contributed by atoms with E-state index in [0.29, 0.717) is 5.75 Å². The SMILES string of the molecule is CCC(N[C@H](C)c1cccc(Cl)c1)c1ccc(O)cc1. The summed E-state index contributed by atoms with van der Waals surface area (Å²) < 4.78 is 0. The van der Waals surface area contributed by atoms with E-state index in [4.69, 9.17) is 11.6 Å². The van der Waals surface area contributed by atoms with Crippen molar-refractivity contribution in [2.24, 2.45) is 0 Å². The Kier molecular flexibility index (Phi) is 5.05. The predicted octanol–water partition coefficient (Wildman–Crippen LogP) is 4.85. The molecule has 1 unspecified atom stereocenters. The number of aromatic hydroxyl groups is 1. The molecule has 2 rings (SSSR count). The number of hydrogen-bond acceptors (Lipinski definition) is 2. The molecule has 106 valence electrons. The van der Waals surface area contributed by atoms with Crippen LogP contribution in [0.25, 0.3) is 0 Å². The maximum Gasteiger partial charge on any atom is 0.115 e. The van der Waals surface area contributed by atoms with Crippen LogP contribution in [-0.4, -0.2) is 5.11 Å². The lowest BCUT2D eigenvalue weighted by atomic mass is 10.0. The Bertz CT molecular complexity index is 553. The van der Waals surface area contributed by atoms with Gasteiger partial charge in [-0.2, -0.15) is 0 Å². The third kappa shape index (κ3) is 3.75. The summed E-state index contributed by atoms with van der Waals surface area (Å²) in [4.78, 5) is 0. The third-order valence-electron chi connectivity index (χ3n) is 3.50. The molecule has 0 saturated heterocycles. The summed E-state index contributed by atoms with van der Waals surface area (Å²) in [5, 5.41) is 13.7. The molecule has 0 aliphatic carbocycles. The molecular formula is C17H20ClNO. The molecule has 0 aromatic heterocycles. The maximum atomic E-state index is 9.37. The van der Waals surface area contributed by atoms with Crippen LogP contribution in [0.1, 0.15) is 43.5 Å². The van der Waals surface area contributed by atoms with Crippen molar-refractivity contribution < 1.29 is 5.11 Å². The lowest BCUT2D eigenvalue weighted by Crippen LogP contribution is -2.24. The Balaban J connectivity index is 2.11. The molecule has 0 heterocycles. The highest BCUT2D eigenvalue weighted by atomic mass is 35.5. The van der Waals surface area contributed by atoms with Gasteiger partial charge in [0.25, 0.3) is 0 Å². The Hall–Kier alpha value is -1.51. The fraction of sp³-hybridized carbons (Fsp3) is 0.294. The van der Waals surface area contributed by atoms with Gasteiger partial charge in [0, 0.05) is 17.1 Å². The predicted molar refractivity (Wildman–Crippen MR) is 84.1 cm³/mol. The number of benzene rings is 2. The Morgan fingerprint density at radius 3 is 2.40 bits per heavy atom. The summed E-state index contributed by atoms with van der Waals surface area (Å²) in [6.45, 7) is 4.28. The van der Waals surface area contributed by atoms with Gasteiger partial charge >= 0.3 is 0 Å². The van der Waals surface area contributed by atoms with E-state index < -0.39 is 0 Å². The van der Waals surface area contributed by atoms with Crippen molar-refractivity contribution in [3.63, 3.8) is 0 Å². The number of phenolic OH excluding ortho intramolecular Hbond substituents is 1. The van der Waals surface area contributed by atoms with Gasteiger partial charge in [0.2, 0.25) is 0 Å². The second-order valence-corrected chi connectivity index (χ2v) is 5.43. The zero-order valence-electron chi connectivity index (χ0n) is 11.8. The first-order valence-corrected chi connectivity index (χ1v) is 7.28. The molecule has 2 nitrogen and oxygen atoms in total. The molecule has 0 saturated carbocycles. The molecule has 2 aromatic carbocycles. The second kappa shape index (κ2) is 6.78. The van der Waals surface area contributed by atoms with E-state index in [9.17, 15) is 5.11 Å². The minimum atomic E-state index is 0.215. The van der Waals surface area contributed by atoms with E-state index in [-0.39, 0.29) is 12.1 Å². The average molecular weight is 290 g/mol. The van der Waals surface area contributed by atoms with E-state index in [2.05, 4.69) is 25.2 Å². The number of nitrogens with one attached hydrogen (secondary N) is 1. The average Bonchev–Trinajstić information content (AvgIpc) is 2.45. The summed E-state index contributed by atoms with van der Waals surface area (Å²) in [7, 11) is 0. The lowest BCUT2D eigenvalue weighted by molar-refractivity contribution is 0.453. The minimum Gasteiger partial charge on any atom is -0.508 e. The van der Waals surface area contributed by atoms with E-state index in [1.54, 1.807) is 12.1 Å². The summed E-state index contributed by atoms with van der Waals surface area (Å²) in [6.07, 6.45) is 0.982. The number of hydrogen-bond donors (Lipinski definition) is 2. The van der Waals surface area contributed by atoms with Crippen LogP contribution in [0.3, 0.4) is 0 Å². The van der Waals surface area contributed by atoms with Crippen molar-refractivity contribution >= 4 is 11.6 Å². The van der Waals surface area contributed by atoms with Gasteiger partial charge in [0.05, 0.1) is 0 Å². The summed E-state index contributed by atoms with van der Waals surface area (Å²) in [5.74, 6) is 0.298. The molecule has 2 N–H and O–H groups in total. The molecule has 20 heavy (non-hydrogen) atoms. The van der Waals surface area contributed by atoms with E-state index in [0.717, 1.165) is 11.4 Å². The largest absolute Gasteiger partial charge is 0.508 e. The van der Waals surface area contributed by atoms with Gasteiger partial charge < -0.3 is 10.4 Å². The van der Waals surface area contributed by atoms with Crippen LogP contribution >= 0.6 is 11.6 Å². The van der Waals surface area contributed by atoms with Crippen LogP contribution in [0.5, 0.6) is 5.75 Å². The van der Waals surface area contributed by atoms with Crippen LogP contribution in [0.2, 0.25) is 5.02 Å². The van der Waals surface area contributed by atoms with Crippen LogP contribution in [0.15, 0.2) is 48.5 Å². The normalized spacial score (nSPS) is 13.9. The number of rotatable bonds is 5. The van der Waals surface area contributed by atoms with E-state index >= 15 is 0 Å². The molecule has 0 bridgehead atoms. The molecule has 0 aliphatic heterocycles. The Labute approximate surface area is 125 Å². The molecule has 2 atom stereocenters. The van der Waals surface area contributed by atoms with Crippen LogP contribution in [0, 0.1) is 0 Å². The van der Waals surface area contributed by atoms with Gasteiger partial charge in [-0.3, -0.25) is 0 Å². The smallest absolute Gasteiger partial charge is 0.115 e. The molecule has 3 heteroatoms. The fourth-order valence-electron chi connectivity index (χ4n) is 2.33. The molecule has 2 aromatic rings. The number of phenols is 1. The molecule has 0 spiro atoms. The zero-order chi connectivity index (χ0) is 14.5. The number of halogens is 1. The van der Waals surface area contributed by atoms with Gasteiger partial charge in [0.1, 0.15) is 5.75 Å². The third-order valence-corrected chi connectivity index (χ3v) is 3.74. The van der Waals surface area contributed by atoms with Gasteiger partial charge in [0.15, 0.2) is 0 Å². The van der Waals surface area contributed by atoms with Crippen LogP contribution < -0.4 is 5.32 Å². The van der Waals surface area contributed by atoms with Gasteiger partial charge in [-0.1, -0.05) is 42.8 Å². The topological polar surface area (TPSA) is 32.3 Å². The fourth-order valence-corrected chi connectivity index (χ4v) is 2.53. The highest BCUT2D eigenvalue weighted by Crippen LogP contribution is 2.24. The monoisotopic (exact) mass is 289 g/mol. The van der Waals surface area contributed by atoms with Crippen molar-refractivity contribution in [1.82, 2.24) is 5.32 Å². The molecule has 0 amide bonds. The first kappa shape index (κ1) is 14.9. The maximum absolute atomic E-state index is 9.37. The first-order chi connectivity index (χ1) is 9.60. The second-order valence-electron chi connectivity index (χ2n) is 5.00. The molecular weight excluding hydrogens is 270 g/mol. The van der Waals surface area contributed by atoms with Crippen LogP contribution in [0.4, 0.5) is 0 Å².